The Morgan fingerprint density at radius 3 is 2.67 bits per heavy atom. The van der Waals surface area contributed by atoms with E-state index in [1.807, 2.05) is 18.7 Å². The van der Waals surface area contributed by atoms with Crippen LogP contribution in [0.5, 0.6) is 5.75 Å². The van der Waals surface area contributed by atoms with Crippen molar-refractivity contribution < 1.29 is 9.53 Å². The summed E-state index contributed by atoms with van der Waals surface area (Å²) >= 11 is 6.75. The van der Waals surface area contributed by atoms with E-state index in [1.54, 1.807) is 24.3 Å². The zero-order valence-corrected chi connectivity index (χ0v) is 14.1. The number of ether oxygens (including phenoxy) is 1. The molecule has 1 atom stereocenters. The Bertz CT molecular complexity index is 463. The van der Waals surface area contributed by atoms with Crippen molar-refractivity contribution in [3.8, 4) is 5.75 Å². The summed E-state index contributed by atoms with van der Waals surface area (Å²) in [5, 5.41) is 2.92. The molecule has 0 heterocycles. The van der Waals surface area contributed by atoms with E-state index < -0.39 is 0 Å². The Hall–Kier alpha value is -1.27. The van der Waals surface area contributed by atoms with Crippen LogP contribution in [0.2, 0.25) is 0 Å². The van der Waals surface area contributed by atoms with E-state index in [0.717, 1.165) is 23.5 Å². The topological polar surface area (TPSA) is 64.3 Å². The molecule has 1 unspecified atom stereocenters. The molecule has 21 heavy (non-hydrogen) atoms. The largest absolute Gasteiger partial charge is 0.484 e. The summed E-state index contributed by atoms with van der Waals surface area (Å²) in [5.74, 6) is 2.67. The summed E-state index contributed by atoms with van der Waals surface area (Å²) in [6.45, 7) is 4.15. The van der Waals surface area contributed by atoms with Crippen molar-refractivity contribution >= 4 is 34.9 Å². The summed E-state index contributed by atoms with van der Waals surface area (Å²) in [6.07, 6.45) is 0.965. The number of carbonyl (C=O) groups excluding carboxylic acids is 1. The van der Waals surface area contributed by atoms with Crippen LogP contribution >= 0.6 is 24.0 Å². The van der Waals surface area contributed by atoms with Crippen molar-refractivity contribution in [1.29, 1.82) is 0 Å². The summed E-state index contributed by atoms with van der Waals surface area (Å²) in [6, 6.07) is 7.23. The van der Waals surface area contributed by atoms with Gasteiger partial charge in [0.25, 0.3) is 5.91 Å². The van der Waals surface area contributed by atoms with Gasteiger partial charge in [-0.15, -0.1) is 0 Å². The molecule has 0 bridgehead atoms. The highest BCUT2D eigenvalue weighted by molar-refractivity contribution is 7.99. The molecule has 0 saturated carbocycles. The van der Waals surface area contributed by atoms with E-state index in [1.165, 1.54) is 0 Å². The van der Waals surface area contributed by atoms with Crippen LogP contribution in [0.25, 0.3) is 0 Å². The molecule has 1 aromatic carbocycles. The first kappa shape index (κ1) is 17.8. The maximum Gasteiger partial charge on any atom is 0.258 e. The zero-order chi connectivity index (χ0) is 15.7. The number of rotatable bonds is 9. The van der Waals surface area contributed by atoms with E-state index in [2.05, 4.69) is 12.2 Å². The van der Waals surface area contributed by atoms with Gasteiger partial charge >= 0.3 is 0 Å². The van der Waals surface area contributed by atoms with Crippen molar-refractivity contribution in [2.24, 2.45) is 5.73 Å². The minimum atomic E-state index is -0.109. The lowest BCUT2D eigenvalue weighted by Crippen LogP contribution is -2.36. The smallest absolute Gasteiger partial charge is 0.258 e. The molecular weight excluding hydrogens is 304 g/mol. The summed E-state index contributed by atoms with van der Waals surface area (Å²) < 4.78 is 5.43. The molecule has 3 N–H and O–H groups in total. The number of hydrogen-bond donors (Lipinski definition) is 2. The molecule has 0 fully saturated rings. The average Bonchev–Trinajstić information content (AvgIpc) is 2.46. The molecule has 0 aliphatic rings. The SMILES string of the molecule is CCSCCC(C)NC(=O)COc1ccc(C(N)=S)cc1. The third kappa shape index (κ3) is 7.34. The van der Waals surface area contributed by atoms with Crippen LogP contribution in [0.15, 0.2) is 24.3 Å². The summed E-state index contributed by atoms with van der Waals surface area (Å²) in [5.41, 5.74) is 6.30. The highest BCUT2D eigenvalue weighted by Gasteiger charge is 2.08. The van der Waals surface area contributed by atoms with Gasteiger partial charge in [0.2, 0.25) is 0 Å². The lowest BCUT2D eigenvalue weighted by molar-refractivity contribution is -0.123. The van der Waals surface area contributed by atoms with E-state index >= 15 is 0 Å². The maximum atomic E-state index is 11.8. The van der Waals surface area contributed by atoms with Gasteiger partial charge in [0.1, 0.15) is 10.7 Å². The fourth-order valence-electron chi connectivity index (χ4n) is 1.66. The third-order valence-corrected chi connectivity index (χ3v) is 3.98. The van der Waals surface area contributed by atoms with Crippen molar-refractivity contribution in [2.75, 3.05) is 18.1 Å². The Morgan fingerprint density at radius 1 is 1.43 bits per heavy atom. The van der Waals surface area contributed by atoms with Crippen LogP contribution in [-0.2, 0) is 4.79 Å². The van der Waals surface area contributed by atoms with Gasteiger partial charge in [-0.25, -0.2) is 0 Å². The number of thioether (sulfide) groups is 1. The maximum absolute atomic E-state index is 11.8. The van der Waals surface area contributed by atoms with Crippen molar-refractivity contribution in [3.63, 3.8) is 0 Å². The highest BCUT2D eigenvalue weighted by atomic mass is 32.2. The lowest BCUT2D eigenvalue weighted by atomic mass is 10.2. The summed E-state index contributed by atoms with van der Waals surface area (Å²) in [7, 11) is 0. The molecule has 0 aliphatic heterocycles. The van der Waals surface area contributed by atoms with Gasteiger partial charge in [0.15, 0.2) is 6.61 Å². The molecule has 0 aromatic heterocycles. The second-order valence-corrected chi connectivity index (χ2v) is 6.47. The zero-order valence-electron chi connectivity index (χ0n) is 12.4. The molecule has 0 saturated heterocycles. The molecule has 1 amide bonds. The number of benzene rings is 1. The first-order valence-corrected chi connectivity index (χ1v) is 8.49. The molecule has 1 rings (SSSR count). The van der Waals surface area contributed by atoms with E-state index in [-0.39, 0.29) is 18.6 Å². The fourth-order valence-corrected chi connectivity index (χ4v) is 2.60. The van der Waals surface area contributed by atoms with Gasteiger partial charge < -0.3 is 15.8 Å². The van der Waals surface area contributed by atoms with Gasteiger partial charge in [-0.3, -0.25) is 4.79 Å². The third-order valence-electron chi connectivity index (χ3n) is 2.82. The van der Waals surface area contributed by atoms with E-state index in [9.17, 15) is 4.79 Å². The monoisotopic (exact) mass is 326 g/mol. The predicted molar refractivity (Wildman–Crippen MR) is 93.0 cm³/mol. The first-order valence-electron chi connectivity index (χ1n) is 6.92. The molecule has 0 radical (unpaired) electrons. The van der Waals surface area contributed by atoms with Crippen LogP contribution in [0.1, 0.15) is 25.8 Å². The number of thiocarbonyl (C=S) groups is 1. The quantitative estimate of drug-likeness (QED) is 0.539. The van der Waals surface area contributed by atoms with E-state index in [4.69, 9.17) is 22.7 Å². The molecule has 6 heteroatoms. The van der Waals surface area contributed by atoms with E-state index in [0.29, 0.717) is 10.7 Å². The molecule has 0 spiro atoms. The Kier molecular flexibility index (Phi) is 8.15. The molecule has 4 nitrogen and oxygen atoms in total. The molecule has 0 aliphatic carbocycles. The van der Waals surface area contributed by atoms with Gasteiger partial charge in [-0.2, -0.15) is 11.8 Å². The molecule has 1 aromatic rings. The van der Waals surface area contributed by atoms with Crippen LogP contribution in [-0.4, -0.2) is 35.1 Å². The van der Waals surface area contributed by atoms with Gasteiger partial charge in [-0.05, 0) is 49.1 Å². The number of hydrogen-bond acceptors (Lipinski definition) is 4. The second-order valence-electron chi connectivity index (χ2n) is 4.63. The van der Waals surface area contributed by atoms with Crippen LogP contribution in [0.3, 0.4) is 0 Å². The number of nitrogens with one attached hydrogen (secondary N) is 1. The summed E-state index contributed by atoms with van der Waals surface area (Å²) in [4.78, 5) is 12.1. The van der Waals surface area contributed by atoms with Crippen LogP contribution < -0.4 is 15.8 Å². The average molecular weight is 326 g/mol. The predicted octanol–water partition coefficient (Wildman–Crippen LogP) is 2.35. The Morgan fingerprint density at radius 2 is 2.10 bits per heavy atom. The Labute approximate surface area is 135 Å². The Balaban J connectivity index is 2.30. The second kappa shape index (κ2) is 9.63. The first-order chi connectivity index (χ1) is 10.0. The van der Waals surface area contributed by atoms with Gasteiger partial charge in [0, 0.05) is 11.6 Å². The standard InChI is InChI=1S/C15H22N2O2S2/c1-3-21-9-8-11(2)17-14(18)10-19-13-6-4-12(5-7-13)15(16)20/h4-7,11H,3,8-10H2,1-2H3,(H2,16,20)(H,17,18). The number of carbonyl (C=O) groups is 1. The van der Waals surface area contributed by atoms with Gasteiger partial charge in [0.05, 0.1) is 0 Å². The minimum Gasteiger partial charge on any atom is -0.484 e. The van der Waals surface area contributed by atoms with Crippen molar-refractivity contribution in [3.05, 3.63) is 29.8 Å². The molecular formula is C15H22N2O2S2. The highest BCUT2D eigenvalue weighted by Crippen LogP contribution is 2.12. The van der Waals surface area contributed by atoms with Crippen molar-refractivity contribution in [2.45, 2.75) is 26.3 Å². The van der Waals surface area contributed by atoms with Crippen molar-refractivity contribution in [1.82, 2.24) is 5.32 Å². The number of amides is 1. The lowest BCUT2D eigenvalue weighted by Gasteiger charge is -2.14. The van der Waals surface area contributed by atoms with Crippen LogP contribution in [0, 0.1) is 0 Å². The molecule has 116 valence electrons. The van der Waals surface area contributed by atoms with Gasteiger partial charge in [-0.1, -0.05) is 19.1 Å². The van der Waals surface area contributed by atoms with Crippen LogP contribution in [0.4, 0.5) is 0 Å². The number of nitrogens with two attached hydrogens (primary N) is 1. The minimum absolute atomic E-state index is 0.0116. The fraction of sp³-hybridized carbons (Fsp3) is 0.467. The normalized spacial score (nSPS) is 11.7.